The zero-order valence-electron chi connectivity index (χ0n) is 11.8. The summed E-state index contributed by atoms with van der Waals surface area (Å²) in [6.45, 7) is 1.98. The maximum absolute atomic E-state index is 12.2. The fraction of sp³-hybridized carbons (Fsp3) is 0.235. The molecular weight excluding hydrogens is 328 g/mol. The molecule has 0 aliphatic heterocycles. The molecule has 2 aromatic carbocycles. The Hall–Kier alpha value is -1.81. The molecule has 0 saturated heterocycles. The number of carbonyl (C=O) groups excluding carboxylic acids is 1. The van der Waals surface area contributed by atoms with Gasteiger partial charge < -0.3 is 10.6 Å². The fourth-order valence-electron chi connectivity index (χ4n) is 2.79. The molecule has 21 heavy (non-hydrogen) atoms. The summed E-state index contributed by atoms with van der Waals surface area (Å²) in [6.07, 6.45) is 1.99. The van der Waals surface area contributed by atoms with Crippen LogP contribution in [0.3, 0.4) is 0 Å². The summed E-state index contributed by atoms with van der Waals surface area (Å²) in [4.78, 5) is 12.2. The Morgan fingerprint density at radius 2 is 2.05 bits per heavy atom. The molecule has 3 rings (SSSR count). The van der Waals surface area contributed by atoms with Gasteiger partial charge in [-0.15, -0.1) is 0 Å². The Bertz CT molecular complexity index is 684. The number of benzene rings is 2. The summed E-state index contributed by atoms with van der Waals surface area (Å²) in [6, 6.07) is 14.1. The van der Waals surface area contributed by atoms with Gasteiger partial charge in [0.2, 0.25) is 0 Å². The summed E-state index contributed by atoms with van der Waals surface area (Å²) in [5.74, 6) is 0. The number of hydrogen-bond donors (Lipinski definition) is 2. The second-order valence-corrected chi connectivity index (χ2v) is 6.26. The quantitative estimate of drug-likeness (QED) is 0.823. The van der Waals surface area contributed by atoms with E-state index in [1.165, 1.54) is 11.1 Å². The number of urea groups is 1. The molecule has 1 aliphatic rings. The van der Waals surface area contributed by atoms with E-state index >= 15 is 0 Å². The number of aryl methyl sites for hydroxylation is 2. The largest absolute Gasteiger partial charge is 0.331 e. The van der Waals surface area contributed by atoms with Crippen LogP contribution in [0.15, 0.2) is 46.9 Å². The van der Waals surface area contributed by atoms with Gasteiger partial charge in [-0.2, -0.15) is 0 Å². The normalized spacial score (nSPS) is 16.4. The Morgan fingerprint density at radius 1 is 1.24 bits per heavy atom. The monoisotopic (exact) mass is 344 g/mol. The number of carbonyl (C=O) groups is 1. The topological polar surface area (TPSA) is 41.1 Å². The third-order valence-electron chi connectivity index (χ3n) is 3.87. The summed E-state index contributed by atoms with van der Waals surface area (Å²) >= 11 is 3.42. The Labute approximate surface area is 132 Å². The van der Waals surface area contributed by atoms with Gasteiger partial charge in [0.05, 0.1) is 6.04 Å². The minimum absolute atomic E-state index is 0.108. The van der Waals surface area contributed by atoms with Gasteiger partial charge in [0.1, 0.15) is 0 Å². The average Bonchev–Trinajstić information content (AvgIpc) is 2.85. The first-order valence-corrected chi connectivity index (χ1v) is 7.84. The third-order valence-corrected chi connectivity index (χ3v) is 4.37. The van der Waals surface area contributed by atoms with Gasteiger partial charge in [0.25, 0.3) is 0 Å². The lowest BCUT2D eigenvalue weighted by Gasteiger charge is -2.16. The lowest BCUT2D eigenvalue weighted by molar-refractivity contribution is 0.248. The maximum Gasteiger partial charge on any atom is 0.319 e. The Balaban J connectivity index is 1.68. The van der Waals surface area contributed by atoms with Crippen LogP contribution in [-0.2, 0) is 6.42 Å². The van der Waals surface area contributed by atoms with Gasteiger partial charge in [0.15, 0.2) is 0 Å². The van der Waals surface area contributed by atoms with E-state index in [4.69, 9.17) is 0 Å². The molecule has 2 amide bonds. The van der Waals surface area contributed by atoms with E-state index in [0.29, 0.717) is 0 Å². The Kier molecular flexibility index (Phi) is 3.97. The maximum atomic E-state index is 12.2. The highest BCUT2D eigenvalue weighted by atomic mass is 79.9. The molecular formula is C17H17BrN2O. The van der Waals surface area contributed by atoms with Crippen LogP contribution in [0.25, 0.3) is 0 Å². The average molecular weight is 345 g/mol. The lowest BCUT2D eigenvalue weighted by atomic mass is 10.1. The van der Waals surface area contributed by atoms with E-state index in [2.05, 4.69) is 38.7 Å². The summed E-state index contributed by atoms with van der Waals surface area (Å²) in [5, 5.41) is 5.99. The molecule has 0 spiro atoms. The fourth-order valence-corrected chi connectivity index (χ4v) is 3.27. The van der Waals surface area contributed by atoms with Crippen LogP contribution < -0.4 is 10.6 Å². The molecule has 3 nitrogen and oxygen atoms in total. The van der Waals surface area contributed by atoms with Crippen molar-refractivity contribution in [1.82, 2.24) is 5.32 Å². The Morgan fingerprint density at radius 3 is 2.86 bits per heavy atom. The van der Waals surface area contributed by atoms with Crippen molar-refractivity contribution < 1.29 is 4.79 Å². The van der Waals surface area contributed by atoms with Gasteiger partial charge in [-0.25, -0.2) is 4.79 Å². The first-order chi connectivity index (χ1) is 10.1. The second kappa shape index (κ2) is 5.90. The predicted molar refractivity (Wildman–Crippen MR) is 88.5 cm³/mol. The molecule has 1 aliphatic carbocycles. The number of hydrogen-bond acceptors (Lipinski definition) is 1. The van der Waals surface area contributed by atoms with Crippen LogP contribution >= 0.6 is 15.9 Å². The van der Waals surface area contributed by atoms with Crippen LogP contribution in [0.5, 0.6) is 0 Å². The third kappa shape index (κ3) is 3.10. The van der Waals surface area contributed by atoms with Gasteiger partial charge in [-0.05, 0) is 54.7 Å². The van der Waals surface area contributed by atoms with Crippen molar-refractivity contribution >= 4 is 27.6 Å². The van der Waals surface area contributed by atoms with Crippen LogP contribution in [0, 0.1) is 6.92 Å². The second-order valence-electron chi connectivity index (χ2n) is 5.35. The molecule has 2 N–H and O–H groups in total. The number of fused-ring (bicyclic) bond motifs is 1. The number of amides is 2. The smallest absolute Gasteiger partial charge is 0.319 e. The van der Waals surface area contributed by atoms with E-state index in [-0.39, 0.29) is 12.1 Å². The van der Waals surface area contributed by atoms with Crippen molar-refractivity contribution in [3.8, 4) is 0 Å². The molecule has 0 heterocycles. The summed E-state index contributed by atoms with van der Waals surface area (Å²) < 4.78 is 1.01. The molecule has 0 saturated carbocycles. The standard InChI is InChI=1S/C17H17BrN2O/c1-11-10-13(18)7-9-15(11)19-17(21)20-16-8-6-12-4-2-3-5-14(12)16/h2-5,7,9-10,16H,6,8H2,1H3,(H2,19,20,21). The van der Waals surface area contributed by atoms with Gasteiger partial charge in [-0.1, -0.05) is 40.2 Å². The van der Waals surface area contributed by atoms with Crippen LogP contribution in [-0.4, -0.2) is 6.03 Å². The van der Waals surface area contributed by atoms with Gasteiger partial charge in [-0.3, -0.25) is 0 Å². The first kappa shape index (κ1) is 14.1. The number of nitrogens with one attached hydrogen (secondary N) is 2. The van der Waals surface area contributed by atoms with Crippen molar-refractivity contribution in [1.29, 1.82) is 0 Å². The van der Waals surface area contributed by atoms with E-state index < -0.39 is 0 Å². The SMILES string of the molecule is Cc1cc(Br)ccc1NC(=O)NC1CCc2ccccc21. The summed E-state index contributed by atoms with van der Waals surface area (Å²) in [5.41, 5.74) is 4.44. The van der Waals surface area contributed by atoms with Crippen LogP contribution in [0.1, 0.15) is 29.2 Å². The van der Waals surface area contributed by atoms with Crippen LogP contribution in [0.4, 0.5) is 10.5 Å². The highest BCUT2D eigenvalue weighted by Crippen LogP contribution is 2.30. The van der Waals surface area contributed by atoms with E-state index in [1.807, 2.05) is 37.3 Å². The molecule has 0 fully saturated rings. The minimum atomic E-state index is -0.151. The highest BCUT2D eigenvalue weighted by molar-refractivity contribution is 9.10. The number of rotatable bonds is 2. The van der Waals surface area contributed by atoms with Crippen LogP contribution in [0.2, 0.25) is 0 Å². The molecule has 0 bridgehead atoms. The zero-order valence-corrected chi connectivity index (χ0v) is 13.4. The van der Waals surface area contributed by atoms with Crippen molar-refractivity contribution in [2.24, 2.45) is 0 Å². The molecule has 2 aromatic rings. The van der Waals surface area contributed by atoms with E-state index in [1.54, 1.807) is 0 Å². The number of halogens is 1. The van der Waals surface area contributed by atoms with Crippen molar-refractivity contribution in [3.05, 3.63) is 63.6 Å². The molecule has 0 aromatic heterocycles. The lowest BCUT2D eigenvalue weighted by Crippen LogP contribution is -2.31. The van der Waals surface area contributed by atoms with Crippen molar-refractivity contribution in [2.75, 3.05) is 5.32 Å². The number of anilines is 1. The molecule has 0 radical (unpaired) electrons. The summed E-state index contributed by atoms with van der Waals surface area (Å²) in [7, 11) is 0. The predicted octanol–water partition coefficient (Wildman–Crippen LogP) is 4.57. The molecule has 1 atom stereocenters. The molecule has 1 unspecified atom stereocenters. The minimum Gasteiger partial charge on any atom is -0.331 e. The van der Waals surface area contributed by atoms with Crippen molar-refractivity contribution in [3.63, 3.8) is 0 Å². The molecule has 4 heteroatoms. The zero-order chi connectivity index (χ0) is 14.8. The van der Waals surface area contributed by atoms with Gasteiger partial charge in [0, 0.05) is 10.2 Å². The van der Waals surface area contributed by atoms with Crippen molar-refractivity contribution in [2.45, 2.75) is 25.8 Å². The molecule has 108 valence electrons. The van der Waals surface area contributed by atoms with Gasteiger partial charge >= 0.3 is 6.03 Å². The van der Waals surface area contributed by atoms with E-state index in [0.717, 1.165) is 28.6 Å². The highest BCUT2D eigenvalue weighted by Gasteiger charge is 2.23. The first-order valence-electron chi connectivity index (χ1n) is 7.05. The van der Waals surface area contributed by atoms with E-state index in [9.17, 15) is 4.79 Å².